The first kappa shape index (κ1) is 15.4. The van der Waals surface area contributed by atoms with E-state index in [2.05, 4.69) is 20.7 Å². The number of likely N-dealkylation sites (N-methyl/N-ethyl adjacent to an activating group) is 1. The van der Waals surface area contributed by atoms with E-state index in [1.165, 1.54) is 18.1 Å². The second kappa shape index (κ2) is 7.74. The molecular weight excluding hydrogens is 310 g/mol. The lowest BCUT2D eigenvalue weighted by molar-refractivity contribution is -0.145. The Morgan fingerprint density at radius 2 is 2.05 bits per heavy atom. The number of benzene rings is 1. The second-order valence-electron chi connectivity index (χ2n) is 3.78. The molecule has 1 rings (SSSR count). The van der Waals surface area contributed by atoms with Crippen LogP contribution in [0.15, 0.2) is 34.8 Å². The lowest BCUT2D eigenvalue weighted by Gasteiger charge is -2.17. The van der Waals surface area contributed by atoms with Gasteiger partial charge in [0.05, 0.1) is 7.11 Å². The molecule has 0 spiro atoms. The van der Waals surface area contributed by atoms with Crippen molar-refractivity contribution >= 4 is 33.9 Å². The fourth-order valence-corrected chi connectivity index (χ4v) is 1.86. The monoisotopic (exact) mass is 325 g/mol. The zero-order valence-corrected chi connectivity index (χ0v) is 12.5. The molecule has 0 aliphatic rings. The average molecular weight is 326 g/mol. The number of amides is 1. The van der Waals surface area contributed by atoms with Crippen molar-refractivity contribution in [1.29, 1.82) is 0 Å². The number of carbonyl (C=O) groups excluding carboxylic acids is 2. The van der Waals surface area contributed by atoms with Gasteiger partial charge in [0.15, 0.2) is 0 Å². The van der Waals surface area contributed by atoms with Crippen LogP contribution < -0.4 is 0 Å². The number of halogens is 1. The highest BCUT2D eigenvalue weighted by Gasteiger charge is 2.13. The Morgan fingerprint density at radius 3 is 2.63 bits per heavy atom. The number of nitrogens with zero attached hydrogens (tertiary/aromatic N) is 1. The van der Waals surface area contributed by atoms with Crippen molar-refractivity contribution in [2.45, 2.75) is 6.92 Å². The van der Waals surface area contributed by atoms with E-state index < -0.39 is 5.97 Å². The largest absolute Gasteiger partial charge is 0.468 e. The molecule has 0 N–H and O–H groups in total. The van der Waals surface area contributed by atoms with E-state index in [0.717, 1.165) is 10.0 Å². The van der Waals surface area contributed by atoms with Crippen LogP contribution in [0.1, 0.15) is 12.5 Å². The van der Waals surface area contributed by atoms with Gasteiger partial charge in [-0.3, -0.25) is 9.59 Å². The van der Waals surface area contributed by atoms with Gasteiger partial charge in [0, 0.05) is 17.1 Å². The highest BCUT2D eigenvalue weighted by atomic mass is 79.9. The molecule has 1 aromatic rings. The van der Waals surface area contributed by atoms with Crippen molar-refractivity contribution in [2.24, 2.45) is 0 Å². The van der Waals surface area contributed by atoms with Crippen LogP contribution in [-0.4, -0.2) is 37.0 Å². The summed E-state index contributed by atoms with van der Waals surface area (Å²) in [6, 6.07) is 7.58. The van der Waals surface area contributed by atoms with Gasteiger partial charge in [-0.15, -0.1) is 0 Å². The van der Waals surface area contributed by atoms with E-state index >= 15 is 0 Å². The van der Waals surface area contributed by atoms with Gasteiger partial charge in [-0.2, -0.15) is 0 Å². The standard InChI is InChI=1S/C14H16BrNO3/c1-3-16(10-14(18)19-2)13(17)9-8-11-6-4-5-7-12(11)15/h4-9H,3,10H2,1-2H3. The summed E-state index contributed by atoms with van der Waals surface area (Å²) in [6.07, 6.45) is 3.17. The number of rotatable bonds is 5. The number of hydrogen-bond acceptors (Lipinski definition) is 3. The molecular formula is C14H16BrNO3. The van der Waals surface area contributed by atoms with Crippen LogP contribution in [0.4, 0.5) is 0 Å². The van der Waals surface area contributed by atoms with Gasteiger partial charge in [0.1, 0.15) is 6.54 Å². The predicted molar refractivity (Wildman–Crippen MR) is 77.4 cm³/mol. The molecule has 0 saturated heterocycles. The van der Waals surface area contributed by atoms with Crippen LogP contribution >= 0.6 is 15.9 Å². The third-order valence-electron chi connectivity index (χ3n) is 2.55. The molecule has 0 unspecified atom stereocenters. The Morgan fingerprint density at radius 1 is 1.37 bits per heavy atom. The molecule has 0 aliphatic carbocycles. The quantitative estimate of drug-likeness (QED) is 0.617. The molecule has 0 bridgehead atoms. The summed E-state index contributed by atoms with van der Waals surface area (Å²) in [5, 5.41) is 0. The van der Waals surface area contributed by atoms with Gasteiger partial charge in [-0.05, 0) is 24.6 Å². The van der Waals surface area contributed by atoms with Gasteiger partial charge in [0.2, 0.25) is 5.91 Å². The fraction of sp³-hybridized carbons (Fsp3) is 0.286. The van der Waals surface area contributed by atoms with Gasteiger partial charge in [0.25, 0.3) is 0 Å². The minimum atomic E-state index is -0.426. The van der Waals surface area contributed by atoms with Gasteiger partial charge < -0.3 is 9.64 Å². The minimum absolute atomic E-state index is 0.0356. The van der Waals surface area contributed by atoms with Gasteiger partial charge in [-0.1, -0.05) is 34.1 Å². The fourth-order valence-electron chi connectivity index (χ4n) is 1.44. The van der Waals surface area contributed by atoms with Crippen LogP contribution in [0.2, 0.25) is 0 Å². The molecule has 0 atom stereocenters. The summed E-state index contributed by atoms with van der Waals surface area (Å²) in [6.45, 7) is 2.23. The maximum absolute atomic E-state index is 11.9. The van der Waals surface area contributed by atoms with E-state index in [-0.39, 0.29) is 12.5 Å². The minimum Gasteiger partial charge on any atom is -0.468 e. The Bertz CT molecular complexity index is 485. The maximum Gasteiger partial charge on any atom is 0.325 e. The average Bonchev–Trinajstić information content (AvgIpc) is 2.43. The zero-order chi connectivity index (χ0) is 14.3. The first-order valence-corrected chi connectivity index (χ1v) is 6.66. The van der Waals surface area contributed by atoms with Crippen molar-refractivity contribution < 1.29 is 14.3 Å². The van der Waals surface area contributed by atoms with Gasteiger partial charge in [-0.25, -0.2) is 0 Å². The zero-order valence-electron chi connectivity index (χ0n) is 10.9. The van der Waals surface area contributed by atoms with Crippen LogP contribution in [0.3, 0.4) is 0 Å². The van der Waals surface area contributed by atoms with Crippen molar-refractivity contribution in [1.82, 2.24) is 4.90 Å². The first-order valence-electron chi connectivity index (χ1n) is 5.86. The van der Waals surface area contributed by atoms with Crippen LogP contribution in [0, 0.1) is 0 Å². The third-order valence-corrected chi connectivity index (χ3v) is 3.27. The lowest BCUT2D eigenvalue weighted by Crippen LogP contribution is -2.34. The Balaban J connectivity index is 2.72. The van der Waals surface area contributed by atoms with E-state index in [1.54, 1.807) is 6.08 Å². The van der Waals surface area contributed by atoms with Crippen molar-refractivity contribution in [3.8, 4) is 0 Å². The summed E-state index contributed by atoms with van der Waals surface area (Å²) in [5.41, 5.74) is 0.907. The molecule has 0 saturated carbocycles. The topological polar surface area (TPSA) is 46.6 Å². The van der Waals surface area contributed by atoms with Crippen LogP contribution in [0.5, 0.6) is 0 Å². The van der Waals surface area contributed by atoms with Gasteiger partial charge >= 0.3 is 5.97 Å². The summed E-state index contributed by atoms with van der Waals surface area (Å²) in [4.78, 5) is 24.5. The molecule has 0 fully saturated rings. The molecule has 19 heavy (non-hydrogen) atoms. The molecule has 0 heterocycles. The first-order chi connectivity index (χ1) is 9.08. The number of esters is 1. The maximum atomic E-state index is 11.9. The van der Waals surface area contributed by atoms with Crippen LogP contribution in [-0.2, 0) is 14.3 Å². The number of hydrogen-bond donors (Lipinski definition) is 0. The third kappa shape index (κ3) is 4.87. The Labute approximate surface area is 121 Å². The second-order valence-corrected chi connectivity index (χ2v) is 4.64. The molecule has 5 heteroatoms. The predicted octanol–water partition coefficient (Wildman–Crippen LogP) is 2.48. The summed E-state index contributed by atoms with van der Waals surface area (Å²) in [7, 11) is 1.30. The molecule has 1 amide bonds. The summed E-state index contributed by atoms with van der Waals surface area (Å²) < 4.78 is 5.46. The van der Waals surface area contributed by atoms with Crippen molar-refractivity contribution in [3.63, 3.8) is 0 Å². The lowest BCUT2D eigenvalue weighted by atomic mass is 10.2. The molecule has 4 nitrogen and oxygen atoms in total. The van der Waals surface area contributed by atoms with E-state index in [4.69, 9.17) is 0 Å². The highest BCUT2D eigenvalue weighted by molar-refractivity contribution is 9.10. The Hall–Kier alpha value is -1.62. The summed E-state index contributed by atoms with van der Waals surface area (Å²) >= 11 is 3.40. The normalized spacial score (nSPS) is 10.5. The highest BCUT2D eigenvalue weighted by Crippen LogP contribution is 2.17. The van der Waals surface area contributed by atoms with E-state index in [9.17, 15) is 9.59 Å². The molecule has 0 aromatic heterocycles. The van der Waals surface area contributed by atoms with E-state index in [1.807, 2.05) is 31.2 Å². The number of carbonyl (C=O) groups is 2. The van der Waals surface area contributed by atoms with E-state index in [0.29, 0.717) is 6.54 Å². The smallest absolute Gasteiger partial charge is 0.325 e. The Kier molecular flexibility index (Phi) is 6.29. The molecule has 0 radical (unpaired) electrons. The number of ether oxygens (including phenoxy) is 1. The number of methoxy groups -OCH3 is 1. The SMILES string of the molecule is CCN(CC(=O)OC)C(=O)C=Cc1ccccc1Br. The molecule has 1 aromatic carbocycles. The van der Waals surface area contributed by atoms with Crippen LogP contribution in [0.25, 0.3) is 6.08 Å². The summed E-state index contributed by atoms with van der Waals surface area (Å²) in [5.74, 6) is -0.645. The molecule has 0 aliphatic heterocycles. The molecule has 102 valence electrons. The van der Waals surface area contributed by atoms with Crippen molar-refractivity contribution in [2.75, 3.05) is 20.2 Å². The van der Waals surface area contributed by atoms with Crippen molar-refractivity contribution in [3.05, 3.63) is 40.4 Å².